The molecule has 0 aliphatic heterocycles. The van der Waals surface area contributed by atoms with E-state index in [1.54, 1.807) is 20.3 Å². The van der Waals surface area contributed by atoms with Gasteiger partial charge in [-0.2, -0.15) is 0 Å². The van der Waals surface area contributed by atoms with Gasteiger partial charge < -0.3 is 25.1 Å². The first-order chi connectivity index (χ1) is 11.2. The third kappa shape index (κ3) is 5.30. The monoisotopic (exact) mass is 353 g/mol. The number of aliphatic hydroxyl groups is 1. The number of hydrogen-bond donors (Lipinski definition) is 2. The number of halogens is 1. The minimum atomic E-state index is -0.354. The molecule has 0 spiro atoms. The van der Waals surface area contributed by atoms with Crippen molar-refractivity contribution >= 4 is 12.4 Å². The normalized spacial score (nSPS) is 11.3. The maximum Gasteiger partial charge on any atom is 0.164 e. The van der Waals surface area contributed by atoms with Crippen molar-refractivity contribution in [2.24, 2.45) is 5.73 Å². The molecule has 0 heterocycles. The van der Waals surface area contributed by atoms with Crippen LogP contribution in [0.15, 0.2) is 42.5 Å². The number of benzene rings is 2. The van der Waals surface area contributed by atoms with Gasteiger partial charge in [0.15, 0.2) is 11.5 Å². The van der Waals surface area contributed by atoms with Gasteiger partial charge in [-0.15, -0.1) is 12.4 Å². The first-order valence-electron chi connectivity index (χ1n) is 7.46. The molecule has 132 valence electrons. The summed E-state index contributed by atoms with van der Waals surface area (Å²) in [7, 11) is 3.16. The average molecular weight is 354 g/mol. The lowest BCUT2D eigenvalue weighted by atomic mass is 10.0. The van der Waals surface area contributed by atoms with E-state index in [0.717, 1.165) is 11.1 Å². The fourth-order valence-corrected chi connectivity index (χ4v) is 2.28. The zero-order valence-corrected chi connectivity index (χ0v) is 14.7. The van der Waals surface area contributed by atoms with Crippen LogP contribution in [-0.4, -0.2) is 32.0 Å². The second-order valence-electron chi connectivity index (χ2n) is 5.24. The van der Waals surface area contributed by atoms with Crippen molar-refractivity contribution in [1.29, 1.82) is 0 Å². The molecule has 0 aliphatic carbocycles. The van der Waals surface area contributed by atoms with Gasteiger partial charge in [0.1, 0.15) is 12.4 Å². The van der Waals surface area contributed by atoms with Crippen LogP contribution >= 0.6 is 12.4 Å². The minimum Gasteiger partial charge on any atom is -0.493 e. The number of nitrogens with two attached hydrogens (primary N) is 1. The molecule has 0 bridgehead atoms. The van der Waals surface area contributed by atoms with Crippen LogP contribution in [-0.2, 0) is 13.0 Å². The predicted molar refractivity (Wildman–Crippen MR) is 96.3 cm³/mol. The zero-order valence-electron chi connectivity index (χ0n) is 13.9. The molecule has 1 atom stereocenters. The molecule has 0 aliphatic rings. The first kappa shape index (κ1) is 20.1. The minimum absolute atomic E-state index is 0. The van der Waals surface area contributed by atoms with Crippen LogP contribution < -0.4 is 19.9 Å². The Hall–Kier alpha value is -1.95. The van der Waals surface area contributed by atoms with E-state index in [2.05, 4.69) is 0 Å². The topological polar surface area (TPSA) is 73.9 Å². The molecule has 6 heteroatoms. The molecule has 0 fully saturated rings. The van der Waals surface area contributed by atoms with Crippen molar-refractivity contribution < 1.29 is 19.3 Å². The lowest BCUT2D eigenvalue weighted by Gasteiger charge is -2.17. The standard InChI is InChI=1S/C18H23NO4.ClH/c1-21-17-9-14(8-15(19)11-20)16(10-18(17)22-2)23-12-13-6-4-3-5-7-13;/h3-7,9-10,15,20H,8,11-12,19H2,1-2H3;1H. The Morgan fingerprint density at radius 3 is 2.21 bits per heavy atom. The summed E-state index contributed by atoms with van der Waals surface area (Å²) in [5, 5.41) is 9.20. The van der Waals surface area contributed by atoms with Gasteiger partial charge in [0.25, 0.3) is 0 Å². The van der Waals surface area contributed by atoms with Crippen LogP contribution in [0.2, 0.25) is 0 Å². The highest BCUT2D eigenvalue weighted by molar-refractivity contribution is 5.85. The highest BCUT2D eigenvalue weighted by atomic mass is 35.5. The van der Waals surface area contributed by atoms with Crippen LogP contribution in [0.5, 0.6) is 17.2 Å². The summed E-state index contributed by atoms with van der Waals surface area (Å²) in [5.41, 5.74) is 7.81. The van der Waals surface area contributed by atoms with Crippen LogP contribution in [0, 0.1) is 0 Å². The Morgan fingerprint density at radius 2 is 1.62 bits per heavy atom. The SMILES string of the molecule is COc1cc(CC(N)CO)c(OCc2ccccc2)cc1OC.Cl. The predicted octanol–water partition coefficient (Wildman–Crippen LogP) is 2.57. The van der Waals surface area contributed by atoms with Crippen molar-refractivity contribution in [2.75, 3.05) is 20.8 Å². The third-order valence-electron chi connectivity index (χ3n) is 3.52. The van der Waals surface area contributed by atoms with Crippen LogP contribution in [0.1, 0.15) is 11.1 Å². The summed E-state index contributed by atoms with van der Waals surface area (Å²) < 4.78 is 16.6. The molecular weight excluding hydrogens is 330 g/mol. The molecule has 0 aromatic heterocycles. The van der Waals surface area contributed by atoms with Crippen molar-refractivity contribution in [3.8, 4) is 17.2 Å². The van der Waals surface area contributed by atoms with Crippen LogP contribution in [0.4, 0.5) is 0 Å². The Balaban J connectivity index is 0.00000288. The Labute approximate surface area is 148 Å². The number of methoxy groups -OCH3 is 2. The van der Waals surface area contributed by atoms with E-state index in [-0.39, 0.29) is 25.1 Å². The molecule has 0 saturated heterocycles. The van der Waals surface area contributed by atoms with Crippen molar-refractivity contribution in [1.82, 2.24) is 0 Å². The maximum atomic E-state index is 9.20. The van der Waals surface area contributed by atoms with Crippen LogP contribution in [0.3, 0.4) is 0 Å². The van der Waals surface area contributed by atoms with E-state index >= 15 is 0 Å². The van der Waals surface area contributed by atoms with E-state index in [0.29, 0.717) is 30.3 Å². The van der Waals surface area contributed by atoms with Crippen LogP contribution in [0.25, 0.3) is 0 Å². The van der Waals surface area contributed by atoms with Crippen molar-refractivity contribution in [3.63, 3.8) is 0 Å². The molecule has 0 saturated carbocycles. The Morgan fingerprint density at radius 1 is 1.00 bits per heavy atom. The van der Waals surface area contributed by atoms with E-state index in [4.69, 9.17) is 19.9 Å². The summed E-state index contributed by atoms with van der Waals surface area (Å²) in [6.45, 7) is 0.351. The molecule has 1 unspecified atom stereocenters. The van der Waals surface area contributed by atoms with Gasteiger partial charge in [-0.1, -0.05) is 30.3 Å². The lowest BCUT2D eigenvalue weighted by molar-refractivity contribution is 0.261. The fraction of sp³-hybridized carbons (Fsp3) is 0.333. The Bertz CT molecular complexity index is 622. The van der Waals surface area contributed by atoms with Gasteiger partial charge in [-0.3, -0.25) is 0 Å². The first-order valence-corrected chi connectivity index (χ1v) is 7.46. The summed E-state index contributed by atoms with van der Waals surface area (Å²) in [6.07, 6.45) is 0.487. The van der Waals surface area contributed by atoms with Gasteiger partial charge in [-0.25, -0.2) is 0 Å². The second-order valence-corrected chi connectivity index (χ2v) is 5.24. The maximum absolute atomic E-state index is 9.20. The van der Waals surface area contributed by atoms with Gasteiger partial charge in [0, 0.05) is 12.1 Å². The Kier molecular flexibility index (Phi) is 8.40. The quantitative estimate of drug-likeness (QED) is 0.763. The molecule has 3 N–H and O–H groups in total. The van der Waals surface area contributed by atoms with Crippen molar-refractivity contribution in [3.05, 3.63) is 53.6 Å². The molecule has 0 amide bonds. The van der Waals surface area contributed by atoms with Gasteiger partial charge in [-0.05, 0) is 23.6 Å². The molecule has 24 heavy (non-hydrogen) atoms. The summed E-state index contributed by atoms with van der Waals surface area (Å²) in [5.74, 6) is 1.88. The number of rotatable bonds is 8. The van der Waals surface area contributed by atoms with E-state index < -0.39 is 0 Å². The van der Waals surface area contributed by atoms with E-state index in [1.165, 1.54) is 0 Å². The van der Waals surface area contributed by atoms with Gasteiger partial charge >= 0.3 is 0 Å². The molecular formula is C18H24ClNO4. The molecule has 2 aromatic rings. The van der Waals surface area contributed by atoms with E-state index in [1.807, 2.05) is 36.4 Å². The summed E-state index contributed by atoms with van der Waals surface area (Å²) >= 11 is 0. The molecule has 0 radical (unpaired) electrons. The van der Waals surface area contributed by atoms with E-state index in [9.17, 15) is 5.11 Å². The molecule has 5 nitrogen and oxygen atoms in total. The average Bonchev–Trinajstić information content (AvgIpc) is 2.60. The lowest BCUT2D eigenvalue weighted by Crippen LogP contribution is -2.27. The number of hydrogen-bond acceptors (Lipinski definition) is 5. The fourth-order valence-electron chi connectivity index (χ4n) is 2.28. The highest BCUT2D eigenvalue weighted by Crippen LogP contribution is 2.35. The molecule has 2 aromatic carbocycles. The largest absolute Gasteiger partial charge is 0.493 e. The van der Waals surface area contributed by atoms with Gasteiger partial charge in [0.05, 0.1) is 20.8 Å². The molecule has 2 rings (SSSR count). The highest BCUT2D eigenvalue weighted by Gasteiger charge is 2.15. The number of aliphatic hydroxyl groups excluding tert-OH is 1. The van der Waals surface area contributed by atoms with Gasteiger partial charge in [0.2, 0.25) is 0 Å². The zero-order chi connectivity index (χ0) is 16.7. The van der Waals surface area contributed by atoms with Crippen molar-refractivity contribution in [2.45, 2.75) is 19.1 Å². The second kappa shape index (κ2) is 10.0. The summed E-state index contributed by atoms with van der Waals surface area (Å²) in [6, 6.07) is 13.2. The number of ether oxygens (including phenoxy) is 3. The third-order valence-corrected chi connectivity index (χ3v) is 3.52. The summed E-state index contributed by atoms with van der Waals surface area (Å²) in [4.78, 5) is 0. The smallest absolute Gasteiger partial charge is 0.164 e.